The van der Waals surface area contributed by atoms with E-state index in [1.54, 1.807) is 11.3 Å². The molecule has 2 heterocycles. The zero-order chi connectivity index (χ0) is 11.0. The van der Waals surface area contributed by atoms with Gasteiger partial charge >= 0.3 is 0 Å². The fraction of sp³-hybridized carbons (Fsp3) is 0.769. The normalized spacial score (nSPS) is 24.6. The maximum atomic E-state index is 4.64. The Morgan fingerprint density at radius 2 is 2.19 bits per heavy atom. The van der Waals surface area contributed by atoms with Crippen LogP contribution in [0.25, 0.3) is 0 Å². The Morgan fingerprint density at radius 1 is 1.44 bits per heavy atom. The third-order valence-corrected chi connectivity index (χ3v) is 5.20. The highest BCUT2D eigenvalue weighted by Crippen LogP contribution is 2.44. The Labute approximate surface area is 101 Å². The molecule has 88 valence electrons. The van der Waals surface area contributed by atoms with E-state index in [1.165, 1.54) is 55.9 Å². The van der Waals surface area contributed by atoms with Gasteiger partial charge in [-0.1, -0.05) is 12.8 Å². The monoisotopic (exact) mass is 236 g/mol. The zero-order valence-electron chi connectivity index (χ0n) is 9.96. The molecule has 1 saturated heterocycles. The Bertz CT molecular complexity index is 362. The van der Waals surface area contributed by atoms with Crippen molar-refractivity contribution in [2.75, 3.05) is 13.1 Å². The van der Waals surface area contributed by atoms with Gasteiger partial charge in [0.15, 0.2) is 0 Å². The van der Waals surface area contributed by atoms with E-state index in [0.29, 0.717) is 5.41 Å². The summed E-state index contributed by atoms with van der Waals surface area (Å²) in [4.78, 5) is 4.64. The molecule has 0 bridgehead atoms. The lowest BCUT2D eigenvalue weighted by molar-refractivity contribution is 0.0801. The largest absolute Gasteiger partial charge is 0.315 e. The van der Waals surface area contributed by atoms with Gasteiger partial charge in [-0.2, -0.15) is 0 Å². The summed E-state index contributed by atoms with van der Waals surface area (Å²) in [6, 6.07) is 0. The van der Waals surface area contributed by atoms with Crippen molar-refractivity contribution in [3.05, 3.63) is 16.1 Å². The SMILES string of the molecule is Cc1nc(CC2(C3CCCC3)CNC2)cs1. The number of hydrogen-bond acceptors (Lipinski definition) is 3. The number of aromatic nitrogens is 1. The number of nitrogens with zero attached hydrogens (tertiary/aromatic N) is 1. The fourth-order valence-electron chi connectivity index (χ4n) is 3.39. The summed E-state index contributed by atoms with van der Waals surface area (Å²) in [6.45, 7) is 4.54. The first kappa shape index (κ1) is 10.7. The summed E-state index contributed by atoms with van der Waals surface area (Å²) in [7, 11) is 0. The summed E-state index contributed by atoms with van der Waals surface area (Å²) in [5.74, 6) is 0.954. The van der Waals surface area contributed by atoms with Gasteiger partial charge in [0.05, 0.1) is 10.7 Å². The molecular weight excluding hydrogens is 216 g/mol. The highest BCUT2D eigenvalue weighted by atomic mass is 32.1. The van der Waals surface area contributed by atoms with Gasteiger partial charge in [0, 0.05) is 23.9 Å². The minimum Gasteiger partial charge on any atom is -0.315 e. The summed E-state index contributed by atoms with van der Waals surface area (Å²) < 4.78 is 0. The quantitative estimate of drug-likeness (QED) is 0.873. The third kappa shape index (κ3) is 1.80. The summed E-state index contributed by atoms with van der Waals surface area (Å²) in [5.41, 5.74) is 1.88. The maximum Gasteiger partial charge on any atom is 0.0897 e. The average Bonchev–Trinajstić information content (AvgIpc) is 2.82. The molecule has 3 rings (SSSR count). The number of nitrogens with one attached hydrogen (secondary N) is 1. The van der Waals surface area contributed by atoms with Crippen LogP contribution in [0.1, 0.15) is 36.4 Å². The molecule has 1 aromatic rings. The highest BCUT2D eigenvalue weighted by Gasteiger charge is 2.45. The third-order valence-electron chi connectivity index (χ3n) is 4.38. The molecule has 0 radical (unpaired) electrons. The molecule has 0 atom stereocenters. The molecule has 2 nitrogen and oxygen atoms in total. The van der Waals surface area contributed by atoms with Gasteiger partial charge in [0.25, 0.3) is 0 Å². The van der Waals surface area contributed by atoms with Crippen molar-refractivity contribution in [1.29, 1.82) is 0 Å². The number of thiazole rings is 1. The van der Waals surface area contributed by atoms with Gasteiger partial charge in [-0.05, 0) is 32.1 Å². The van der Waals surface area contributed by atoms with Crippen molar-refractivity contribution in [2.45, 2.75) is 39.0 Å². The van der Waals surface area contributed by atoms with Crippen molar-refractivity contribution in [1.82, 2.24) is 10.3 Å². The predicted molar refractivity (Wildman–Crippen MR) is 67.8 cm³/mol. The molecule has 1 saturated carbocycles. The number of aryl methyl sites for hydroxylation is 1. The van der Waals surface area contributed by atoms with Crippen molar-refractivity contribution in [3.8, 4) is 0 Å². The first-order valence-electron chi connectivity index (χ1n) is 6.40. The molecule has 0 unspecified atom stereocenters. The fourth-order valence-corrected chi connectivity index (χ4v) is 4.01. The summed E-state index contributed by atoms with van der Waals surface area (Å²) in [5, 5.41) is 6.95. The average molecular weight is 236 g/mol. The Hall–Kier alpha value is -0.410. The van der Waals surface area contributed by atoms with Crippen LogP contribution < -0.4 is 5.32 Å². The molecule has 1 aromatic heterocycles. The second kappa shape index (κ2) is 4.11. The Kier molecular flexibility index (Phi) is 2.76. The van der Waals surface area contributed by atoms with Crippen LogP contribution in [0.4, 0.5) is 0 Å². The van der Waals surface area contributed by atoms with Gasteiger partial charge in [0.2, 0.25) is 0 Å². The molecule has 3 heteroatoms. The maximum absolute atomic E-state index is 4.64. The molecular formula is C13H20N2S. The molecule has 1 N–H and O–H groups in total. The van der Waals surface area contributed by atoms with Gasteiger partial charge in [0.1, 0.15) is 0 Å². The second-order valence-corrected chi connectivity index (χ2v) is 6.54. The molecule has 2 fully saturated rings. The first-order valence-corrected chi connectivity index (χ1v) is 7.28. The standard InChI is InChI=1S/C13H20N2S/c1-10-15-12(7-16-10)6-13(8-14-9-13)11-4-2-3-5-11/h7,11,14H,2-6,8-9H2,1H3. The Balaban J connectivity index is 1.74. The van der Waals surface area contributed by atoms with Gasteiger partial charge in [-0.15, -0.1) is 11.3 Å². The minimum absolute atomic E-state index is 0.553. The van der Waals surface area contributed by atoms with E-state index < -0.39 is 0 Å². The highest BCUT2D eigenvalue weighted by molar-refractivity contribution is 7.09. The van der Waals surface area contributed by atoms with E-state index in [9.17, 15) is 0 Å². The smallest absolute Gasteiger partial charge is 0.0897 e. The van der Waals surface area contributed by atoms with E-state index in [4.69, 9.17) is 0 Å². The van der Waals surface area contributed by atoms with Crippen LogP contribution in [0.15, 0.2) is 5.38 Å². The van der Waals surface area contributed by atoms with Gasteiger partial charge < -0.3 is 5.32 Å². The van der Waals surface area contributed by atoms with E-state index in [0.717, 1.165) is 5.92 Å². The van der Waals surface area contributed by atoms with E-state index in [1.807, 2.05) is 0 Å². The molecule has 1 aliphatic carbocycles. The van der Waals surface area contributed by atoms with Crippen LogP contribution in [0.5, 0.6) is 0 Å². The molecule has 0 spiro atoms. The second-order valence-electron chi connectivity index (χ2n) is 5.48. The van der Waals surface area contributed by atoms with Crippen LogP contribution in [-0.2, 0) is 6.42 Å². The lowest BCUT2D eigenvalue weighted by Gasteiger charge is -2.47. The predicted octanol–water partition coefficient (Wildman–Crippen LogP) is 2.77. The molecule has 2 aliphatic rings. The van der Waals surface area contributed by atoms with Crippen molar-refractivity contribution in [3.63, 3.8) is 0 Å². The first-order chi connectivity index (χ1) is 7.78. The molecule has 16 heavy (non-hydrogen) atoms. The Morgan fingerprint density at radius 3 is 2.69 bits per heavy atom. The van der Waals surface area contributed by atoms with Crippen LogP contribution in [-0.4, -0.2) is 18.1 Å². The number of hydrogen-bond donors (Lipinski definition) is 1. The van der Waals surface area contributed by atoms with E-state index in [-0.39, 0.29) is 0 Å². The molecule has 1 aliphatic heterocycles. The van der Waals surface area contributed by atoms with Crippen LogP contribution >= 0.6 is 11.3 Å². The number of rotatable bonds is 3. The van der Waals surface area contributed by atoms with Crippen LogP contribution in [0, 0.1) is 18.3 Å². The zero-order valence-corrected chi connectivity index (χ0v) is 10.8. The van der Waals surface area contributed by atoms with Crippen LogP contribution in [0.2, 0.25) is 0 Å². The lowest BCUT2D eigenvalue weighted by Crippen LogP contribution is -2.58. The lowest BCUT2D eigenvalue weighted by atomic mass is 9.67. The van der Waals surface area contributed by atoms with Gasteiger partial charge in [-0.3, -0.25) is 0 Å². The van der Waals surface area contributed by atoms with Crippen molar-refractivity contribution >= 4 is 11.3 Å². The summed E-state index contributed by atoms with van der Waals surface area (Å²) in [6.07, 6.45) is 7.00. The van der Waals surface area contributed by atoms with E-state index >= 15 is 0 Å². The van der Waals surface area contributed by atoms with Crippen molar-refractivity contribution < 1.29 is 0 Å². The van der Waals surface area contributed by atoms with E-state index in [2.05, 4.69) is 22.6 Å². The topological polar surface area (TPSA) is 24.9 Å². The minimum atomic E-state index is 0.553. The summed E-state index contributed by atoms with van der Waals surface area (Å²) >= 11 is 1.79. The van der Waals surface area contributed by atoms with Gasteiger partial charge in [-0.25, -0.2) is 4.98 Å². The molecule has 0 amide bonds. The molecule has 0 aromatic carbocycles. The van der Waals surface area contributed by atoms with Crippen LogP contribution in [0.3, 0.4) is 0 Å². The van der Waals surface area contributed by atoms with Crippen molar-refractivity contribution in [2.24, 2.45) is 11.3 Å².